The number of aryl methyl sites for hydroxylation is 1. The van der Waals surface area contributed by atoms with Crippen LogP contribution in [0.15, 0.2) is 54.6 Å². The summed E-state index contributed by atoms with van der Waals surface area (Å²) in [5, 5.41) is 8.58. The Labute approximate surface area is 154 Å². The average molecular weight is 349 g/mol. The lowest BCUT2D eigenvalue weighted by molar-refractivity contribution is -0.128. The Balaban J connectivity index is 1.84. The first-order valence-corrected chi connectivity index (χ1v) is 8.80. The molecule has 2 rings (SSSR count). The van der Waals surface area contributed by atoms with Gasteiger partial charge < -0.3 is 9.47 Å². The highest BCUT2D eigenvalue weighted by Crippen LogP contribution is 2.15. The van der Waals surface area contributed by atoms with Crippen molar-refractivity contribution in [2.45, 2.75) is 32.6 Å². The standard InChI is InChI=1S/C22H23NO3/c1-2-3-17-25-20-11-6-19(7-12-20)10-15-22(24)26-21-13-8-18(9-14-21)5-4-16-23/h6-15H,2-5,17H2,1H3. The Morgan fingerprint density at radius 2 is 1.77 bits per heavy atom. The van der Waals surface area contributed by atoms with E-state index < -0.39 is 5.97 Å². The summed E-state index contributed by atoms with van der Waals surface area (Å²) in [6.45, 7) is 2.84. The number of hydrogen-bond acceptors (Lipinski definition) is 4. The lowest BCUT2D eigenvalue weighted by Gasteiger charge is -2.05. The van der Waals surface area contributed by atoms with Crippen LogP contribution in [0.25, 0.3) is 6.08 Å². The maximum atomic E-state index is 11.9. The number of hydrogen-bond donors (Lipinski definition) is 0. The molecule has 134 valence electrons. The molecule has 4 nitrogen and oxygen atoms in total. The van der Waals surface area contributed by atoms with Gasteiger partial charge in [-0.3, -0.25) is 0 Å². The van der Waals surface area contributed by atoms with Crippen molar-refractivity contribution >= 4 is 12.0 Å². The SMILES string of the molecule is CCCCOc1ccc(C=CC(=O)Oc2ccc(CCC#N)cc2)cc1. The number of unbranched alkanes of at least 4 members (excludes halogenated alkanes) is 1. The highest BCUT2D eigenvalue weighted by atomic mass is 16.5. The maximum absolute atomic E-state index is 11.9. The predicted octanol–water partition coefficient (Wildman–Crippen LogP) is 4.94. The van der Waals surface area contributed by atoms with Gasteiger partial charge in [-0.2, -0.15) is 5.26 Å². The van der Waals surface area contributed by atoms with E-state index in [1.54, 1.807) is 18.2 Å². The van der Waals surface area contributed by atoms with Crippen LogP contribution in [0.1, 0.15) is 37.3 Å². The highest BCUT2D eigenvalue weighted by Gasteiger charge is 2.01. The molecule has 4 heteroatoms. The first kappa shape index (κ1) is 19.3. The van der Waals surface area contributed by atoms with Gasteiger partial charge >= 0.3 is 5.97 Å². The van der Waals surface area contributed by atoms with E-state index in [1.165, 1.54) is 6.08 Å². The fourth-order valence-corrected chi connectivity index (χ4v) is 2.25. The van der Waals surface area contributed by atoms with E-state index in [0.29, 0.717) is 25.2 Å². The summed E-state index contributed by atoms with van der Waals surface area (Å²) in [4.78, 5) is 11.9. The summed E-state index contributed by atoms with van der Waals surface area (Å²) >= 11 is 0. The number of nitriles is 1. The number of carbonyl (C=O) groups is 1. The van der Waals surface area contributed by atoms with Crippen LogP contribution >= 0.6 is 0 Å². The van der Waals surface area contributed by atoms with Crippen molar-refractivity contribution in [3.63, 3.8) is 0 Å². The lowest BCUT2D eigenvalue weighted by atomic mass is 10.1. The molecule has 0 fully saturated rings. The Hall–Kier alpha value is -3.06. The molecule has 0 aliphatic rings. The predicted molar refractivity (Wildman–Crippen MR) is 102 cm³/mol. The second kappa shape index (κ2) is 10.7. The van der Waals surface area contributed by atoms with Crippen LogP contribution in [0.3, 0.4) is 0 Å². The first-order chi connectivity index (χ1) is 12.7. The molecule has 0 heterocycles. The molecule has 2 aromatic carbocycles. The van der Waals surface area contributed by atoms with Gasteiger partial charge in [0.1, 0.15) is 11.5 Å². The third kappa shape index (κ3) is 6.82. The number of esters is 1. The number of benzene rings is 2. The fourth-order valence-electron chi connectivity index (χ4n) is 2.25. The van der Waals surface area contributed by atoms with Crippen LogP contribution in [0.4, 0.5) is 0 Å². The van der Waals surface area contributed by atoms with Crippen LogP contribution in [-0.2, 0) is 11.2 Å². The van der Waals surface area contributed by atoms with Crippen molar-refractivity contribution in [3.8, 4) is 17.6 Å². The summed E-state index contributed by atoms with van der Waals surface area (Å²) in [7, 11) is 0. The monoisotopic (exact) mass is 349 g/mol. The molecule has 0 spiro atoms. The lowest BCUT2D eigenvalue weighted by Crippen LogP contribution is -2.03. The number of carbonyl (C=O) groups excluding carboxylic acids is 1. The van der Waals surface area contributed by atoms with Gasteiger partial charge in [0.2, 0.25) is 0 Å². The normalized spacial score (nSPS) is 10.5. The summed E-state index contributed by atoms with van der Waals surface area (Å²) in [5.74, 6) is 0.882. The Morgan fingerprint density at radius 3 is 2.42 bits per heavy atom. The Morgan fingerprint density at radius 1 is 1.08 bits per heavy atom. The summed E-state index contributed by atoms with van der Waals surface area (Å²) < 4.78 is 10.9. The minimum atomic E-state index is -0.432. The Bertz CT molecular complexity index is 755. The average Bonchev–Trinajstić information content (AvgIpc) is 2.67. The largest absolute Gasteiger partial charge is 0.494 e. The molecule has 26 heavy (non-hydrogen) atoms. The first-order valence-electron chi connectivity index (χ1n) is 8.80. The smallest absolute Gasteiger partial charge is 0.336 e. The van der Waals surface area contributed by atoms with E-state index in [4.69, 9.17) is 14.7 Å². The number of rotatable bonds is 9. The van der Waals surface area contributed by atoms with Crippen molar-refractivity contribution in [1.82, 2.24) is 0 Å². The molecule has 0 aliphatic heterocycles. The molecule has 0 unspecified atom stereocenters. The van der Waals surface area contributed by atoms with Crippen molar-refractivity contribution in [2.24, 2.45) is 0 Å². The zero-order valence-corrected chi connectivity index (χ0v) is 15.0. The van der Waals surface area contributed by atoms with E-state index in [2.05, 4.69) is 13.0 Å². The van der Waals surface area contributed by atoms with Crippen molar-refractivity contribution < 1.29 is 14.3 Å². The van der Waals surface area contributed by atoms with E-state index in [0.717, 1.165) is 29.7 Å². The van der Waals surface area contributed by atoms with Gasteiger partial charge in [-0.1, -0.05) is 37.6 Å². The summed E-state index contributed by atoms with van der Waals surface area (Å²) in [6.07, 6.45) is 6.42. The van der Waals surface area contributed by atoms with Crippen LogP contribution in [0.5, 0.6) is 11.5 Å². The van der Waals surface area contributed by atoms with Crippen molar-refractivity contribution in [3.05, 3.63) is 65.7 Å². The van der Waals surface area contributed by atoms with E-state index >= 15 is 0 Å². The van der Waals surface area contributed by atoms with Gasteiger partial charge in [0.05, 0.1) is 12.7 Å². The molecule has 0 aliphatic carbocycles. The molecule has 0 saturated carbocycles. The molecule has 0 saturated heterocycles. The minimum absolute atomic E-state index is 0.432. The molecule has 0 atom stereocenters. The van der Waals surface area contributed by atoms with Gasteiger partial charge in [-0.05, 0) is 54.3 Å². The van der Waals surface area contributed by atoms with E-state index in [9.17, 15) is 4.79 Å². The van der Waals surface area contributed by atoms with E-state index in [1.807, 2.05) is 36.4 Å². The quantitative estimate of drug-likeness (QED) is 0.278. The number of nitrogens with zero attached hydrogens (tertiary/aromatic N) is 1. The second-order valence-corrected chi connectivity index (χ2v) is 5.83. The van der Waals surface area contributed by atoms with Gasteiger partial charge in [-0.25, -0.2) is 4.79 Å². The van der Waals surface area contributed by atoms with Crippen LogP contribution in [0, 0.1) is 11.3 Å². The van der Waals surface area contributed by atoms with Crippen LogP contribution in [0.2, 0.25) is 0 Å². The van der Waals surface area contributed by atoms with Gasteiger partial charge in [-0.15, -0.1) is 0 Å². The van der Waals surface area contributed by atoms with Crippen molar-refractivity contribution in [2.75, 3.05) is 6.61 Å². The molecule has 0 radical (unpaired) electrons. The zero-order chi connectivity index (χ0) is 18.6. The molecule has 0 N–H and O–H groups in total. The molecule has 2 aromatic rings. The highest BCUT2D eigenvalue weighted by molar-refractivity contribution is 5.88. The third-order valence-corrected chi connectivity index (χ3v) is 3.73. The van der Waals surface area contributed by atoms with Gasteiger partial charge in [0.25, 0.3) is 0 Å². The second-order valence-electron chi connectivity index (χ2n) is 5.83. The molecular weight excluding hydrogens is 326 g/mol. The third-order valence-electron chi connectivity index (χ3n) is 3.73. The van der Waals surface area contributed by atoms with Gasteiger partial charge in [0, 0.05) is 12.5 Å². The maximum Gasteiger partial charge on any atom is 0.336 e. The van der Waals surface area contributed by atoms with Crippen LogP contribution in [-0.4, -0.2) is 12.6 Å². The van der Waals surface area contributed by atoms with Crippen LogP contribution < -0.4 is 9.47 Å². The fraction of sp³-hybridized carbons (Fsp3) is 0.273. The zero-order valence-electron chi connectivity index (χ0n) is 15.0. The number of ether oxygens (including phenoxy) is 2. The van der Waals surface area contributed by atoms with E-state index in [-0.39, 0.29) is 0 Å². The summed E-state index contributed by atoms with van der Waals surface area (Å²) in [6, 6.07) is 16.9. The molecule has 0 amide bonds. The summed E-state index contributed by atoms with van der Waals surface area (Å²) in [5.41, 5.74) is 1.94. The van der Waals surface area contributed by atoms with Gasteiger partial charge in [0.15, 0.2) is 0 Å². The molecule has 0 aromatic heterocycles. The minimum Gasteiger partial charge on any atom is -0.494 e. The molecular formula is C22H23NO3. The van der Waals surface area contributed by atoms with Crippen molar-refractivity contribution in [1.29, 1.82) is 5.26 Å². The molecule has 0 bridgehead atoms. The topological polar surface area (TPSA) is 59.3 Å². The Kier molecular flexibility index (Phi) is 7.95.